The highest BCUT2D eigenvalue weighted by atomic mass is 35.5. The number of halogens is 1. The molecule has 38 heavy (non-hydrogen) atoms. The van der Waals surface area contributed by atoms with Crippen LogP contribution in [0.15, 0.2) is 12.1 Å². The van der Waals surface area contributed by atoms with Crippen molar-refractivity contribution in [2.45, 2.75) is 71.4 Å². The number of rotatable bonds is 8. The number of fused-ring (bicyclic) bond motifs is 1. The lowest BCUT2D eigenvalue weighted by atomic mass is 9.98. The van der Waals surface area contributed by atoms with Crippen LogP contribution in [0.1, 0.15) is 39.2 Å². The second-order valence-corrected chi connectivity index (χ2v) is 20.0. The second kappa shape index (κ2) is 11.7. The van der Waals surface area contributed by atoms with Crippen molar-refractivity contribution in [3.05, 3.63) is 32.8 Å². The van der Waals surface area contributed by atoms with Gasteiger partial charge in [-0.3, -0.25) is 10.1 Å². The summed E-state index contributed by atoms with van der Waals surface area (Å²) >= 11 is 6.19. The van der Waals surface area contributed by atoms with Gasteiger partial charge in [0.05, 0.1) is 4.92 Å². The topological polar surface area (TPSA) is 123 Å². The summed E-state index contributed by atoms with van der Waals surface area (Å²) in [6.45, 7) is 12.9. The predicted octanol–water partition coefficient (Wildman–Crippen LogP) is 5.07. The molecule has 0 radical (unpaired) electrons. The Hall–Kier alpha value is -1.93. The highest BCUT2D eigenvalue weighted by Crippen LogP contribution is 2.42. The molecule has 3 rings (SSSR count). The van der Waals surface area contributed by atoms with E-state index in [1.807, 2.05) is 0 Å². The number of nitro groups is 1. The first-order chi connectivity index (χ1) is 17.5. The van der Waals surface area contributed by atoms with E-state index in [4.69, 9.17) is 21.1 Å². The van der Waals surface area contributed by atoms with E-state index >= 15 is 0 Å². The zero-order chi connectivity index (χ0) is 28.5. The molecule has 0 saturated carbocycles. The number of carbonyl (C=O) groups excluding carboxylic acids is 1. The van der Waals surface area contributed by atoms with Gasteiger partial charge in [0, 0.05) is 57.5 Å². The van der Waals surface area contributed by atoms with Crippen LogP contribution in [0.4, 0.5) is 16.2 Å². The minimum atomic E-state index is -4.16. The highest BCUT2D eigenvalue weighted by Gasteiger charge is 2.42. The number of anilines is 1. The lowest BCUT2D eigenvalue weighted by molar-refractivity contribution is -0.384. The molecule has 214 valence electrons. The van der Waals surface area contributed by atoms with E-state index in [9.17, 15) is 23.3 Å². The van der Waals surface area contributed by atoms with Crippen LogP contribution in [-0.2, 0) is 26.2 Å². The van der Waals surface area contributed by atoms with Gasteiger partial charge in [0.25, 0.3) is 5.69 Å². The molecule has 1 unspecified atom stereocenters. The summed E-state index contributed by atoms with van der Waals surface area (Å²) in [5.41, 5.74) is -0.581. The number of hydrogen-bond acceptors (Lipinski definition) is 7. The molecule has 0 aliphatic carbocycles. The Kier molecular flexibility index (Phi) is 9.40. The Morgan fingerprint density at radius 2 is 1.95 bits per heavy atom. The Labute approximate surface area is 231 Å². The largest absolute Gasteiger partial charge is 0.444 e. The minimum Gasteiger partial charge on any atom is -0.444 e. The van der Waals surface area contributed by atoms with Gasteiger partial charge in [0.2, 0.25) is 0 Å². The summed E-state index contributed by atoms with van der Waals surface area (Å²) in [6, 6.07) is 3.55. The van der Waals surface area contributed by atoms with E-state index in [1.165, 1.54) is 10.4 Å². The maximum atomic E-state index is 13.8. The third kappa shape index (κ3) is 7.81. The van der Waals surface area contributed by atoms with E-state index in [-0.39, 0.29) is 42.1 Å². The first kappa shape index (κ1) is 30.6. The summed E-state index contributed by atoms with van der Waals surface area (Å²) in [4.78, 5) is 25.5. The molecule has 1 fully saturated rings. The molecule has 1 aromatic rings. The van der Waals surface area contributed by atoms with Gasteiger partial charge in [-0.2, -0.15) is 12.7 Å². The quantitative estimate of drug-likeness (QED) is 0.179. The van der Waals surface area contributed by atoms with Crippen molar-refractivity contribution in [2.75, 3.05) is 37.3 Å². The van der Waals surface area contributed by atoms with Crippen LogP contribution >= 0.6 is 11.6 Å². The summed E-state index contributed by atoms with van der Waals surface area (Å²) in [6.07, 6.45) is 1.03. The number of nitrogens with zero attached hydrogens (tertiary/aromatic N) is 4. The van der Waals surface area contributed by atoms with Gasteiger partial charge < -0.3 is 14.4 Å². The SMILES string of the molecule is CC(C)(C)OC(=O)N1CCCC(CN2Cc3cc(Cl)cc([N+](=O)[O-])c3N(COCC[Si](C)(C)C)S2(=O)=O)C1. The molecule has 2 aliphatic heterocycles. The molecule has 2 heterocycles. The number of hydrogen-bond donors (Lipinski definition) is 0. The summed E-state index contributed by atoms with van der Waals surface area (Å²) < 4.78 is 41.2. The second-order valence-electron chi connectivity index (χ2n) is 12.1. The molecule has 0 bridgehead atoms. The number of benzene rings is 1. The molecule has 1 atom stereocenters. The van der Waals surface area contributed by atoms with Crippen molar-refractivity contribution in [2.24, 2.45) is 5.92 Å². The van der Waals surface area contributed by atoms with Crippen LogP contribution in [0.5, 0.6) is 0 Å². The van der Waals surface area contributed by atoms with E-state index in [2.05, 4.69) is 19.6 Å². The first-order valence-electron chi connectivity index (χ1n) is 12.8. The number of likely N-dealkylation sites (tertiary alicyclic amines) is 1. The molecule has 0 aromatic heterocycles. The van der Waals surface area contributed by atoms with Gasteiger partial charge in [0.1, 0.15) is 18.0 Å². The van der Waals surface area contributed by atoms with Crippen molar-refractivity contribution < 1.29 is 27.6 Å². The lowest BCUT2D eigenvalue weighted by Gasteiger charge is -2.40. The van der Waals surface area contributed by atoms with Crippen molar-refractivity contribution in [3.63, 3.8) is 0 Å². The highest BCUT2D eigenvalue weighted by molar-refractivity contribution is 7.90. The molecule has 1 amide bonds. The normalized spacial score (nSPS) is 20.2. The van der Waals surface area contributed by atoms with Crippen molar-refractivity contribution in [1.29, 1.82) is 0 Å². The van der Waals surface area contributed by atoms with Crippen molar-refractivity contribution in [1.82, 2.24) is 9.21 Å². The Morgan fingerprint density at radius 1 is 1.26 bits per heavy atom. The van der Waals surface area contributed by atoms with Gasteiger partial charge in [0.15, 0.2) is 0 Å². The number of piperidine rings is 1. The first-order valence-corrected chi connectivity index (χ1v) is 18.3. The summed E-state index contributed by atoms with van der Waals surface area (Å²) in [5.74, 6) is -0.128. The molecule has 2 aliphatic rings. The average Bonchev–Trinajstić information content (AvgIpc) is 2.76. The van der Waals surface area contributed by atoms with E-state index in [0.29, 0.717) is 25.3 Å². The lowest BCUT2D eigenvalue weighted by Crippen LogP contribution is -2.52. The molecule has 11 nitrogen and oxygen atoms in total. The summed E-state index contributed by atoms with van der Waals surface area (Å²) in [7, 11) is -5.59. The molecule has 14 heteroatoms. The molecule has 1 aromatic carbocycles. The van der Waals surface area contributed by atoms with Gasteiger partial charge in [-0.15, -0.1) is 0 Å². The van der Waals surface area contributed by atoms with Crippen LogP contribution < -0.4 is 4.31 Å². The van der Waals surface area contributed by atoms with Crippen molar-refractivity contribution in [3.8, 4) is 0 Å². The average molecular weight is 591 g/mol. The number of amides is 1. The predicted molar refractivity (Wildman–Crippen MR) is 149 cm³/mol. The number of nitro benzene ring substituents is 1. The molecular weight excluding hydrogens is 552 g/mol. The van der Waals surface area contributed by atoms with Gasteiger partial charge >= 0.3 is 16.3 Å². The fraction of sp³-hybridized carbons (Fsp3) is 0.708. The van der Waals surface area contributed by atoms with Crippen LogP contribution in [-0.4, -0.2) is 75.3 Å². The smallest absolute Gasteiger partial charge is 0.410 e. The Morgan fingerprint density at radius 3 is 2.55 bits per heavy atom. The standard InChI is InChI=1S/C24H39ClN4O7SSi/c1-24(2,3)36-23(30)26-9-7-8-18(14-26)15-27-16-19-12-20(25)13-21(29(31)32)22(19)28(37(27,33)34)17-35-10-11-38(4,5)6/h12-13,18H,7-11,14-17H2,1-6H3. The Balaban J connectivity index is 1.87. The van der Waals surface area contributed by atoms with Gasteiger partial charge in [-0.05, 0) is 51.6 Å². The van der Waals surface area contributed by atoms with E-state index in [0.717, 1.165) is 23.2 Å². The van der Waals surface area contributed by atoms with Gasteiger partial charge in [-0.1, -0.05) is 31.2 Å². The van der Waals surface area contributed by atoms with Crippen molar-refractivity contribution >= 4 is 47.4 Å². The third-order valence-corrected chi connectivity index (χ3v) is 10.1. The fourth-order valence-corrected chi connectivity index (χ4v) is 7.15. The van der Waals surface area contributed by atoms with E-state index < -0.39 is 34.9 Å². The maximum absolute atomic E-state index is 13.8. The molecule has 1 saturated heterocycles. The summed E-state index contributed by atoms with van der Waals surface area (Å²) in [5, 5.41) is 12.0. The number of carbonyl (C=O) groups is 1. The van der Waals surface area contributed by atoms with Crippen LogP contribution in [0.2, 0.25) is 30.7 Å². The fourth-order valence-electron chi connectivity index (χ4n) is 4.52. The van der Waals surface area contributed by atoms with Crippen LogP contribution in [0.25, 0.3) is 0 Å². The molecule has 0 spiro atoms. The zero-order valence-corrected chi connectivity index (χ0v) is 25.6. The van der Waals surface area contributed by atoms with Gasteiger partial charge in [-0.25, -0.2) is 9.10 Å². The Bertz CT molecular complexity index is 1150. The molecular formula is C24H39ClN4O7SSi. The minimum absolute atomic E-state index is 0.0114. The zero-order valence-electron chi connectivity index (χ0n) is 23.0. The third-order valence-electron chi connectivity index (χ3n) is 6.37. The maximum Gasteiger partial charge on any atom is 0.410 e. The van der Waals surface area contributed by atoms with Crippen LogP contribution in [0.3, 0.4) is 0 Å². The van der Waals surface area contributed by atoms with Crippen LogP contribution in [0, 0.1) is 16.0 Å². The van der Waals surface area contributed by atoms with E-state index in [1.54, 1.807) is 31.7 Å². The molecule has 0 N–H and O–H groups in total. The number of ether oxygens (including phenoxy) is 2. The monoisotopic (exact) mass is 590 g/mol.